The van der Waals surface area contributed by atoms with Gasteiger partial charge >= 0.3 is 6.18 Å². The zero-order valence-corrected chi connectivity index (χ0v) is 15.4. The molecule has 0 fully saturated rings. The molecule has 7 nitrogen and oxygen atoms in total. The molecule has 1 aromatic carbocycles. The van der Waals surface area contributed by atoms with Crippen molar-refractivity contribution in [2.75, 3.05) is 11.6 Å². The summed E-state index contributed by atoms with van der Waals surface area (Å²) in [7, 11) is 0. The van der Waals surface area contributed by atoms with Crippen LogP contribution in [0.15, 0.2) is 41.9 Å². The van der Waals surface area contributed by atoms with Gasteiger partial charge in [0.15, 0.2) is 0 Å². The minimum Gasteiger partial charge on any atom is -0.330 e. The van der Waals surface area contributed by atoms with E-state index in [1.165, 1.54) is 17.0 Å². The van der Waals surface area contributed by atoms with Crippen molar-refractivity contribution in [1.29, 1.82) is 0 Å². The van der Waals surface area contributed by atoms with E-state index in [1.807, 2.05) is 6.92 Å². The monoisotopic (exact) mass is 412 g/mol. The largest absolute Gasteiger partial charge is 0.417 e. The van der Waals surface area contributed by atoms with Gasteiger partial charge in [-0.25, -0.2) is 5.01 Å². The van der Waals surface area contributed by atoms with Crippen LogP contribution in [-0.4, -0.2) is 33.6 Å². The predicted octanol–water partition coefficient (Wildman–Crippen LogP) is 3.06. The summed E-state index contributed by atoms with van der Waals surface area (Å²) >= 11 is 5.93. The molecular formula is C17H16ClF3N6O. The van der Waals surface area contributed by atoms with E-state index in [2.05, 4.69) is 21.2 Å². The topological polar surface area (TPSA) is 76.3 Å². The molecule has 1 aromatic heterocycles. The number of amides is 1. The molecule has 2 aliphatic heterocycles. The van der Waals surface area contributed by atoms with Gasteiger partial charge in [0.1, 0.15) is 5.82 Å². The van der Waals surface area contributed by atoms with Crippen molar-refractivity contribution < 1.29 is 18.0 Å². The molecule has 148 valence electrons. The molecule has 3 heterocycles. The number of hydrogen-bond acceptors (Lipinski definition) is 5. The first kappa shape index (κ1) is 18.6. The van der Waals surface area contributed by atoms with E-state index in [9.17, 15) is 18.0 Å². The lowest BCUT2D eigenvalue weighted by atomic mass is 10.0. The number of aromatic nitrogens is 2. The molecule has 2 aliphatic rings. The van der Waals surface area contributed by atoms with E-state index in [0.29, 0.717) is 6.42 Å². The maximum absolute atomic E-state index is 13.1. The van der Waals surface area contributed by atoms with Gasteiger partial charge in [-0.05, 0) is 19.1 Å². The Kier molecular flexibility index (Phi) is 4.47. The van der Waals surface area contributed by atoms with Crippen LogP contribution < -0.4 is 16.0 Å². The average Bonchev–Trinajstić information content (AvgIpc) is 3.28. The van der Waals surface area contributed by atoms with Gasteiger partial charge in [-0.1, -0.05) is 17.7 Å². The van der Waals surface area contributed by atoms with Crippen molar-refractivity contribution in [1.82, 2.24) is 26.1 Å². The summed E-state index contributed by atoms with van der Waals surface area (Å²) in [4.78, 5) is 14.5. The van der Waals surface area contributed by atoms with E-state index < -0.39 is 22.7 Å². The Morgan fingerprint density at radius 1 is 1.32 bits per heavy atom. The van der Waals surface area contributed by atoms with E-state index in [4.69, 9.17) is 11.6 Å². The van der Waals surface area contributed by atoms with Crippen LogP contribution >= 0.6 is 11.6 Å². The maximum atomic E-state index is 13.1. The lowest BCUT2D eigenvalue weighted by molar-refractivity contribution is -0.137. The van der Waals surface area contributed by atoms with E-state index in [-0.39, 0.29) is 18.2 Å². The second kappa shape index (κ2) is 6.71. The smallest absolute Gasteiger partial charge is 0.330 e. The molecule has 1 atom stereocenters. The Morgan fingerprint density at radius 2 is 2.11 bits per heavy atom. The first-order valence-corrected chi connectivity index (χ1v) is 8.85. The van der Waals surface area contributed by atoms with Crippen molar-refractivity contribution in [2.45, 2.75) is 25.6 Å². The van der Waals surface area contributed by atoms with Crippen molar-refractivity contribution >= 4 is 23.3 Å². The van der Waals surface area contributed by atoms with Crippen molar-refractivity contribution in [2.24, 2.45) is 0 Å². The number of carbonyl (C=O) groups is 1. The fourth-order valence-electron chi connectivity index (χ4n) is 3.38. The van der Waals surface area contributed by atoms with Gasteiger partial charge in [-0.15, -0.1) is 5.53 Å². The van der Waals surface area contributed by atoms with E-state index >= 15 is 0 Å². The van der Waals surface area contributed by atoms with Crippen LogP contribution in [0.1, 0.15) is 29.3 Å². The molecule has 4 rings (SSSR count). The normalized spacial score (nSPS) is 19.7. The van der Waals surface area contributed by atoms with Crippen molar-refractivity contribution in [3.05, 3.63) is 58.0 Å². The van der Waals surface area contributed by atoms with Gasteiger partial charge in [0.2, 0.25) is 0 Å². The molecule has 28 heavy (non-hydrogen) atoms. The fourth-order valence-corrected chi connectivity index (χ4v) is 3.69. The van der Waals surface area contributed by atoms with Gasteiger partial charge in [0.25, 0.3) is 5.91 Å². The third-order valence-electron chi connectivity index (χ3n) is 4.81. The number of rotatable bonds is 2. The molecule has 0 unspecified atom stereocenters. The summed E-state index contributed by atoms with van der Waals surface area (Å²) in [6.45, 7) is 2.05. The van der Waals surface area contributed by atoms with Crippen LogP contribution in [0.25, 0.3) is 0 Å². The van der Waals surface area contributed by atoms with Crippen LogP contribution in [0.4, 0.5) is 19.0 Å². The number of carbonyl (C=O) groups excluding carboxylic acids is 1. The second-order valence-electron chi connectivity index (χ2n) is 6.59. The predicted molar refractivity (Wildman–Crippen MR) is 95.9 cm³/mol. The summed E-state index contributed by atoms with van der Waals surface area (Å²) in [6, 6.07) is 4.91. The fraction of sp³-hybridized carbons (Fsp3) is 0.294. The number of alkyl halides is 3. The van der Waals surface area contributed by atoms with Crippen LogP contribution in [0.2, 0.25) is 5.02 Å². The van der Waals surface area contributed by atoms with Gasteiger partial charge in [0, 0.05) is 18.5 Å². The van der Waals surface area contributed by atoms with E-state index in [0.717, 1.165) is 23.3 Å². The average molecular weight is 413 g/mol. The molecule has 0 aliphatic carbocycles. The Labute approximate surface area is 163 Å². The SMILES string of the molecule is C[C@H]1CC2=C(CN1C(=O)c1cccc(C(F)(F)F)c1Cl)NNN2c1ccn[nH]1. The third kappa shape index (κ3) is 3.08. The van der Waals surface area contributed by atoms with Gasteiger partial charge in [-0.2, -0.15) is 18.3 Å². The number of hydrogen-bond donors (Lipinski definition) is 3. The highest BCUT2D eigenvalue weighted by molar-refractivity contribution is 6.34. The standard InChI is InChI=1S/C17H16ClF3N6O/c1-9-7-13-12(23-25-27(13)14-5-6-22-24-14)8-26(9)16(28)10-3-2-4-11(15(10)18)17(19,20)21/h2-6,9,23,25H,7-8H2,1H3,(H,22,24)/t9-/m0/s1. The minimum absolute atomic E-state index is 0.163. The van der Waals surface area contributed by atoms with Gasteiger partial charge < -0.3 is 10.3 Å². The van der Waals surface area contributed by atoms with Gasteiger partial charge in [-0.3, -0.25) is 9.89 Å². The molecular weight excluding hydrogens is 397 g/mol. The van der Waals surface area contributed by atoms with Crippen LogP contribution in [0.3, 0.4) is 0 Å². The first-order valence-electron chi connectivity index (χ1n) is 8.47. The van der Waals surface area contributed by atoms with Crippen molar-refractivity contribution in [3.63, 3.8) is 0 Å². The highest BCUT2D eigenvalue weighted by Crippen LogP contribution is 2.37. The molecule has 1 amide bonds. The number of benzene rings is 1. The highest BCUT2D eigenvalue weighted by atomic mass is 35.5. The molecule has 0 bridgehead atoms. The molecule has 0 radical (unpaired) electrons. The number of nitrogens with zero attached hydrogens (tertiary/aromatic N) is 3. The summed E-state index contributed by atoms with van der Waals surface area (Å²) in [5, 5.41) is 7.97. The number of halogens is 4. The summed E-state index contributed by atoms with van der Waals surface area (Å²) in [5.41, 5.74) is 6.49. The number of anilines is 1. The van der Waals surface area contributed by atoms with Gasteiger partial charge in [0.05, 0.1) is 40.3 Å². The Bertz CT molecular complexity index is 943. The van der Waals surface area contributed by atoms with Crippen molar-refractivity contribution in [3.8, 4) is 0 Å². The van der Waals surface area contributed by atoms with Crippen LogP contribution in [0, 0.1) is 0 Å². The molecule has 0 saturated carbocycles. The number of hydrazine groups is 2. The quantitative estimate of drug-likeness (QED) is 0.707. The molecule has 2 aromatic rings. The summed E-state index contributed by atoms with van der Waals surface area (Å²) < 4.78 is 39.3. The number of H-pyrrole nitrogens is 1. The minimum atomic E-state index is -4.63. The summed E-state index contributed by atoms with van der Waals surface area (Å²) in [5.74, 6) is 0.183. The zero-order chi connectivity index (χ0) is 20.1. The summed E-state index contributed by atoms with van der Waals surface area (Å²) in [6.07, 6.45) is -2.51. The maximum Gasteiger partial charge on any atom is 0.417 e. The molecule has 0 saturated heterocycles. The second-order valence-corrected chi connectivity index (χ2v) is 6.97. The zero-order valence-electron chi connectivity index (χ0n) is 14.6. The Morgan fingerprint density at radius 3 is 2.79 bits per heavy atom. The first-order chi connectivity index (χ1) is 13.3. The lowest BCUT2D eigenvalue weighted by Crippen LogP contribution is -2.44. The highest BCUT2D eigenvalue weighted by Gasteiger charge is 2.38. The van der Waals surface area contributed by atoms with Crippen LogP contribution in [0.5, 0.6) is 0 Å². The van der Waals surface area contributed by atoms with Crippen LogP contribution in [-0.2, 0) is 6.18 Å². The lowest BCUT2D eigenvalue weighted by Gasteiger charge is -2.35. The molecule has 3 N–H and O–H groups in total. The number of aromatic amines is 1. The Balaban J connectivity index is 1.62. The molecule has 0 spiro atoms. The number of nitrogens with one attached hydrogen (secondary N) is 3. The van der Waals surface area contributed by atoms with E-state index in [1.54, 1.807) is 17.3 Å². The Hall–Kier alpha value is -2.72. The molecule has 11 heteroatoms. The third-order valence-corrected chi connectivity index (χ3v) is 5.22.